The molecule has 2 aromatic rings. The van der Waals surface area contributed by atoms with Gasteiger partial charge in [-0.3, -0.25) is 29.1 Å². The predicted octanol–water partition coefficient (Wildman–Crippen LogP) is 3.68. The molecule has 12 nitrogen and oxygen atoms in total. The van der Waals surface area contributed by atoms with Crippen LogP contribution in [0, 0.1) is 10.1 Å². The zero-order valence-electron chi connectivity index (χ0n) is 21.5. The molecule has 0 aromatic heterocycles. The van der Waals surface area contributed by atoms with E-state index >= 15 is 0 Å². The highest BCUT2D eigenvalue weighted by Crippen LogP contribution is 2.51. The molecule has 0 aliphatic heterocycles. The van der Waals surface area contributed by atoms with Gasteiger partial charge in [0.2, 0.25) is 5.91 Å². The Bertz CT molecular complexity index is 1160. The topological polar surface area (TPSA) is 177 Å². The minimum atomic E-state index is -3.34. The van der Waals surface area contributed by atoms with Gasteiger partial charge >= 0.3 is 13.6 Å². The van der Waals surface area contributed by atoms with E-state index in [-0.39, 0.29) is 43.7 Å². The van der Waals surface area contributed by atoms with Gasteiger partial charge in [-0.1, -0.05) is 24.3 Å². The number of carbonyl (C=O) groups excluding carboxylic acids is 3. The summed E-state index contributed by atoms with van der Waals surface area (Å²) in [6, 6.07) is 10.1. The normalized spacial score (nSPS) is 12.8. The second-order valence-electron chi connectivity index (χ2n) is 8.12. The van der Waals surface area contributed by atoms with Crippen LogP contribution in [0.4, 0.5) is 5.69 Å². The highest BCUT2D eigenvalue weighted by molar-refractivity contribution is 7.53. The Kier molecular flexibility index (Phi) is 11.6. The molecule has 2 rings (SSSR count). The van der Waals surface area contributed by atoms with Crippen molar-refractivity contribution in [1.29, 1.82) is 0 Å². The van der Waals surface area contributed by atoms with E-state index in [9.17, 15) is 29.1 Å². The summed E-state index contributed by atoms with van der Waals surface area (Å²) in [5.74, 6) is -3.13. The molecule has 0 saturated heterocycles. The Balaban J connectivity index is 2.29. The maximum Gasteiger partial charge on any atom is 0.335 e. The van der Waals surface area contributed by atoms with Crippen LogP contribution in [0.25, 0.3) is 0 Å². The number of esters is 1. The molecule has 206 valence electrons. The number of nitrogens with zero attached hydrogens (tertiary/aromatic N) is 1. The number of non-ortho nitro benzene ring substituents is 1. The summed E-state index contributed by atoms with van der Waals surface area (Å²) in [6.45, 7) is 5.57. The lowest BCUT2D eigenvalue weighted by molar-refractivity contribution is -0.384. The van der Waals surface area contributed by atoms with Crippen molar-refractivity contribution in [2.45, 2.75) is 45.3 Å². The lowest BCUT2D eigenvalue weighted by atomic mass is 9.87. The first kappa shape index (κ1) is 30.6. The van der Waals surface area contributed by atoms with Crippen LogP contribution in [-0.2, 0) is 34.1 Å². The van der Waals surface area contributed by atoms with E-state index in [2.05, 4.69) is 5.32 Å². The lowest BCUT2D eigenvalue weighted by Gasteiger charge is -2.25. The van der Waals surface area contributed by atoms with Crippen molar-refractivity contribution in [2.24, 2.45) is 5.73 Å². The molecule has 13 heteroatoms. The average Bonchev–Trinajstić information content (AvgIpc) is 2.86. The van der Waals surface area contributed by atoms with E-state index in [0.29, 0.717) is 11.1 Å². The van der Waals surface area contributed by atoms with Crippen LogP contribution >= 0.6 is 7.60 Å². The van der Waals surface area contributed by atoms with Crippen molar-refractivity contribution in [3.8, 4) is 0 Å². The number of amides is 2. The number of rotatable bonds is 15. The number of nitro benzene ring substituents is 1. The zero-order chi connectivity index (χ0) is 28.3. The Morgan fingerprint density at radius 3 is 2.03 bits per heavy atom. The molecule has 0 bridgehead atoms. The third-order valence-corrected chi connectivity index (χ3v) is 7.52. The Hall–Kier alpha value is -3.60. The molecule has 0 unspecified atom stereocenters. The van der Waals surface area contributed by atoms with Gasteiger partial charge in [0.05, 0.1) is 37.3 Å². The van der Waals surface area contributed by atoms with Crippen molar-refractivity contribution in [3.05, 3.63) is 75.3 Å². The number of hydrogen-bond acceptors (Lipinski definition) is 9. The molecular weight excluding hydrogens is 517 g/mol. The molecule has 0 saturated carbocycles. The largest absolute Gasteiger partial charge is 0.466 e. The molecule has 38 heavy (non-hydrogen) atoms. The molecule has 2 amide bonds. The molecule has 0 fully saturated rings. The first-order valence-corrected chi connectivity index (χ1v) is 13.7. The van der Waals surface area contributed by atoms with Gasteiger partial charge in [0.15, 0.2) is 0 Å². The highest BCUT2D eigenvalue weighted by atomic mass is 31.2. The van der Waals surface area contributed by atoms with Crippen LogP contribution < -0.4 is 11.1 Å². The number of hydrogen-bond donors (Lipinski definition) is 2. The van der Waals surface area contributed by atoms with Crippen LogP contribution in [-0.4, -0.2) is 48.6 Å². The smallest absolute Gasteiger partial charge is 0.335 e. The standard InChI is InChI=1S/C25H32N3O9P/c1-4-35-22(29)15-21(18-11-13-20(14-12-18)28(32)33)23(24(26)30)27-25(31)19-9-7-17(8-10-19)16-38(34,36-5-2)37-6-3/h7-14,21,23H,4-6,15-16H2,1-3H3,(H2,26,30)(H,27,31)/t21-,23-/m0/s1. The lowest BCUT2D eigenvalue weighted by Crippen LogP contribution is -2.48. The first-order chi connectivity index (χ1) is 18.0. The fraction of sp³-hybridized carbons (Fsp3) is 0.400. The zero-order valence-corrected chi connectivity index (χ0v) is 22.3. The summed E-state index contributed by atoms with van der Waals surface area (Å²) in [6.07, 6.45) is -0.287. The maximum absolute atomic E-state index is 13.0. The minimum absolute atomic E-state index is 0.0161. The number of nitro groups is 1. The van der Waals surface area contributed by atoms with Crippen molar-refractivity contribution < 1.29 is 37.7 Å². The molecule has 0 radical (unpaired) electrons. The second-order valence-corrected chi connectivity index (χ2v) is 10.2. The Labute approximate surface area is 220 Å². The summed E-state index contributed by atoms with van der Waals surface area (Å²) >= 11 is 0. The molecule has 0 aliphatic rings. The summed E-state index contributed by atoms with van der Waals surface area (Å²) in [7, 11) is -3.34. The maximum atomic E-state index is 13.0. The number of ether oxygens (including phenoxy) is 1. The molecular formula is C25H32N3O9P. The van der Waals surface area contributed by atoms with E-state index in [4.69, 9.17) is 19.5 Å². The van der Waals surface area contributed by atoms with Gasteiger partial charge in [0, 0.05) is 23.6 Å². The van der Waals surface area contributed by atoms with Crippen molar-refractivity contribution in [2.75, 3.05) is 19.8 Å². The summed E-state index contributed by atoms with van der Waals surface area (Å²) in [5.41, 5.74) is 6.60. The summed E-state index contributed by atoms with van der Waals surface area (Å²) in [5, 5.41) is 13.6. The third kappa shape index (κ3) is 8.76. The van der Waals surface area contributed by atoms with Crippen molar-refractivity contribution in [3.63, 3.8) is 0 Å². The molecule has 0 spiro atoms. The van der Waals surface area contributed by atoms with Crippen molar-refractivity contribution >= 4 is 31.1 Å². The van der Waals surface area contributed by atoms with Crippen LogP contribution in [0.15, 0.2) is 48.5 Å². The second kappa shape index (κ2) is 14.4. The SMILES string of the molecule is CCOC(=O)C[C@@H](c1ccc([N+](=O)[O-])cc1)[C@H](NC(=O)c1ccc(CP(=O)(OCC)OCC)cc1)C(N)=O. The third-order valence-electron chi connectivity index (χ3n) is 5.46. The number of benzene rings is 2. The van der Waals surface area contributed by atoms with E-state index in [1.165, 1.54) is 36.4 Å². The van der Waals surface area contributed by atoms with E-state index < -0.39 is 42.3 Å². The van der Waals surface area contributed by atoms with E-state index in [1.54, 1.807) is 32.9 Å². The van der Waals surface area contributed by atoms with Gasteiger partial charge in [-0.25, -0.2) is 0 Å². The fourth-order valence-electron chi connectivity index (χ4n) is 3.77. The van der Waals surface area contributed by atoms with Crippen LogP contribution in [0.3, 0.4) is 0 Å². The summed E-state index contributed by atoms with van der Waals surface area (Å²) in [4.78, 5) is 48.2. The van der Waals surface area contributed by atoms with Gasteiger partial charge in [-0.15, -0.1) is 0 Å². The summed E-state index contributed by atoms with van der Waals surface area (Å²) < 4.78 is 28.4. The van der Waals surface area contributed by atoms with Gasteiger partial charge in [-0.05, 0) is 44.0 Å². The van der Waals surface area contributed by atoms with Crippen LogP contribution in [0.5, 0.6) is 0 Å². The fourth-order valence-corrected chi connectivity index (χ4v) is 5.47. The minimum Gasteiger partial charge on any atom is -0.466 e. The van der Waals surface area contributed by atoms with E-state index in [1.807, 2.05) is 0 Å². The highest BCUT2D eigenvalue weighted by Gasteiger charge is 2.33. The number of carbonyl (C=O) groups is 3. The van der Waals surface area contributed by atoms with Crippen molar-refractivity contribution in [1.82, 2.24) is 5.32 Å². The Morgan fingerprint density at radius 1 is 0.974 bits per heavy atom. The molecule has 3 N–H and O–H groups in total. The molecule has 0 heterocycles. The van der Waals surface area contributed by atoms with Gasteiger partial charge in [0.1, 0.15) is 6.04 Å². The van der Waals surface area contributed by atoms with Gasteiger partial charge in [0.25, 0.3) is 11.6 Å². The molecule has 2 atom stereocenters. The number of nitrogens with one attached hydrogen (secondary N) is 1. The van der Waals surface area contributed by atoms with Crippen LogP contribution in [0.2, 0.25) is 0 Å². The quantitative estimate of drug-likeness (QED) is 0.145. The molecule has 2 aromatic carbocycles. The van der Waals surface area contributed by atoms with Gasteiger partial charge in [-0.2, -0.15) is 0 Å². The Morgan fingerprint density at radius 2 is 1.55 bits per heavy atom. The number of primary amides is 1. The first-order valence-electron chi connectivity index (χ1n) is 12.0. The van der Waals surface area contributed by atoms with Crippen LogP contribution in [0.1, 0.15) is 54.6 Å². The number of nitrogens with two attached hydrogens (primary N) is 1. The molecule has 0 aliphatic carbocycles. The van der Waals surface area contributed by atoms with Gasteiger partial charge < -0.3 is 24.8 Å². The monoisotopic (exact) mass is 549 g/mol. The predicted molar refractivity (Wildman–Crippen MR) is 139 cm³/mol. The average molecular weight is 550 g/mol. The van der Waals surface area contributed by atoms with E-state index in [0.717, 1.165) is 0 Å².